The molecule has 0 saturated carbocycles. The number of hydrogen-bond acceptors (Lipinski definition) is 5. The summed E-state index contributed by atoms with van der Waals surface area (Å²) in [4.78, 5) is 16.8. The Bertz CT molecular complexity index is 733. The molecule has 2 aliphatic heterocycles. The third-order valence-corrected chi connectivity index (χ3v) is 7.44. The molecule has 1 amide bonds. The Morgan fingerprint density at radius 2 is 1.77 bits per heavy atom. The number of piperazine rings is 1. The maximum Gasteiger partial charge on any atom is 0.243 e. The molecule has 0 N–H and O–H groups in total. The number of rotatable bonds is 6. The van der Waals surface area contributed by atoms with Crippen molar-refractivity contribution in [3.63, 3.8) is 0 Å². The van der Waals surface area contributed by atoms with Gasteiger partial charge in [-0.25, -0.2) is 8.42 Å². The standard InChI is InChI=1S/C17H24BrN3O4S/c1-25-13-12-20-7-6-16(17(20)22)19-8-10-21(11-9-19)26(23,24)15-4-2-14(18)3-5-15/h2-5,16H,6-13H2,1H3. The average molecular weight is 446 g/mol. The van der Waals surface area contributed by atoms with Gasteiger partial charge >= 0.3 is 0 Å². The number of carbonyl (C=O) groups excluding carboxylic acids is 1. The van der Waals surface area contributed by atoms with Crippen LogP contribution in [0.2, 0.25) is 0 Å². The van der Waals surface area contributed by atoms with E-state index in [2.05, 4.69) is 20.8 Å². The SMILES string of the molecule is COCCN1CCC(N2CCN(S(=O)(=O)c3ccc(Br)cc3)CC2)C1=O. The predicted octanol–water partition coefficient (Wildman–Crippen LogP) is 1.00. The zero-order valence-corrected chi connectivity index (χ0v) is 17.2. The van der Waals surface area contributed by atoms with E-state index in [0.29, 0.717) is 44.2 Å². The highest BCUT2D eigenvalue weighted by Gasteiger charge is 2.38. The van der Waals surface area contributed by atoms with Gasteiger partial charge in [0.1, 0.15) is 0 Å². The van der Waals surface area contributed by atoms with Gasteiger partial charge in [-0.3, -0.25) is 9.69 Å². The van der Waals surface area contributed by atoms with E-state index in [1.54, 1.807) is 31.4 Å². The molecule has 7 nitrogen and oxygen atoms in total. The van der Waals surface area contributed by atoms with Crippen LogP contribution in [-0.4, -0.2) is 87.5 Å². The Kier molecular flexibility index (Phi) is 6.34. The summed E-state index contributed by atoms with van der Waals surface area (Å²) in [6.07, 6.45) is 0.794. The lowest BCUT2D eigenvalue weighted by molar-refractivity contribution is -0.133. The summed E-state index contributed by atoms with van der Waals surface area (Å²) in [6.45, 7) is 3.85. The van der Waals surface area contributed by atoms with Crippen molar-refractivity contribution in [2.24, 2.45) is 0 Å². The summed E-state index contributed by atoms with van der Waals surface area (Å²) < 4.78 is 32.9. The fourth-order valence-electron chi connectivity index (χ4n) is 3.50. The van der Waals surface area contributed by atoms with Crippen molar-refractivity contribution in [3.05, 3.63) is 28.7 Å². The fourth-order valence-corrected chi connectivity index (χ4v) is 5.18. The van der Waals surface area contributed by atoms with Crippen molar-refractivity contribution in [2.45, 2.75) is 17.4 Å². The molecule has 1 aromatic carbocycles. The van der Waals surface area contributed by atoms with E-state index in [-0.39, 0.29) is 11.9 Å². The Hall–Kier alpha value is -1.00. The van der Waals surface area contributed by atoms with Crippen LogP contribution in [0.1, 0.15) is 6.42 Å². The molecule has 144 valence electrons. The summed E-state index contributed by atoms with van der Waals surface area (Å²) >= 11 is 3.32. The van der Waals surface area contributed by atoms with Crippen LogP contribution in [-0.2, 0) is 19.6 Å². The molecule has 0 spiro atoms. The molecular weight excluding hydrogens is 422 g/mol. The molecule has 3 rings (SSSR count). The number of carbonyl (C=O) groups is 1. The van der Waals surface area contributed by atoms with Gasteiger partial charge in [-0.05, 0) is 30.7 Å². The van der Waals surface area contributed by atoms with E-state index in [1.165, 1.54) is 4.31 Å². The highest BCUT2D eigenvalue weighted by Crippen LogP contribution is 2.23. The Morgan fingerprint density at radius 3 is 2.38 bits per heavy atom. The lowest BCUT2D eigenvalue weighted by atomic mass is 10.2. The van der Waals surface area contributed by atoms with Crippen LogP contribution in [0, 0.1) is 0 Å². The highest BCUT2D eigenvalue weighted by atomic mass is 79.9. The maximum atomic E-state index is 12.8. The number of benzene rings is 1. The van der Waals surface area contributed by atoms with Gasteiger partial charge in [0.05, 0.1) is 17.5 Å². The minimum atomic E-state index is -3.49. The Morgan fingerprint density at radius 1 is 1.12 bits per heavy atom. The van der Waals surface area contributed by atoms with Crippen molar-refractivity contribution < 1.29 is 17.9 Å². The van der Waals surface area contributed by atoms with Crippen LogP contribution < -0.4 is 0 Å². The summed E-state index contributed by atoms with van der Waals surface area (Å²) in [5.74, 6) is 0.131. The van der Waals surface area contributed by atoms with Crippen LogP contribution >= 0.6 is 15.9 Å². The van der Waals surface area contributed by atoms with Gasteiger partial charge in [0, 0.05) is 50.9 Å². The van der Waals surface area contributed by atoms with Gasteiger partial charge in [-0.2, -0.15) is 4.31 Å². The molecule has 2 heterocycles. The molecule has 2 saturated heterocycles. The zero-order chi connectivity index (χ0) is 18.7. The summed E-state index contributed by atoms with van der Waals surface area (Å²) in [7, 11) is -1.86. The van der Waals surface area contributed by atoms with Gasteiger partial charge in [0.15, 0.2) is 0 Å². The summed E-state index contributed by atoms with van der Waals surface area (Å²) in [5, 5.41) is 0. The topological polar surface area (TPSA) is 70.2 Å². The summed E-state index contributed by atoms with van der Waals surface area (Å²) in [6, 6.07) is 6.55. The average Bonchev–Trinajstić information content (AvgIpc) is 3.01. The molecule has 9 heteroatoms. The first-order chi connectivity index (χ1) is 12.4. The van der Waals surface area contributed by atoms with Gasteiger partial charge < -0.3 is 9.64 Å². The smallest absolute Gasteiger partial charge is 0.243 e. The quantitative estimate of drug-likeness (QED) is 0.653. The molecule has 0 radical (unpaired) electrons. The van der Waals surface area contributed by atoms with Crippen LogP contribution in [0.15, 0.2) is 33.6 Å². The van der Waals surface area contributed by atoms with E-state index in [1.807, 2.05) is 4.90 Å². The molecule has 1 atom stereocenters. The van der Waals surface area contributed by atoms with E-state index in [4.69, 9.17) is 4.74 Å². The van der Waals surface area contributed by atoms with Crippen LogP contribution in [0.4, 0.5) is 0 Å². The second kappa shape index (κ2) is 8.35. The molecular formula is C17H24BrN3O4S. The normalized spacial score (nSPS) is 22.9. The van der Waals surface area contributed by atoms with Crippen molar-refractivity contribution in [1.29, 1.82) is 0 Å². The van der Waals surface area contributed by atoms with Crippen molar-refractivity contribution >= 4 is 31.9 Å². The van der Waals surface area contributed by atoms with E-state index in [9.17, 15) is 13.2 Å². The number of hydrogen-bond donors (Lipinski definition) is 0. The Labute approximate surface area is 163 Å². The fraction of sp³-hybridized carbons (Fsp3) is 0.588. The number of amides is 1. The lowest BCUT2D eigenvalue weighted by Crippen LogP contribution is -2.53. The van der Waals surface area contributed by atoms with Gasteiger partial charge in [-0.15, -0.1) is 0 Å². The lowest BCUT2D eigenvalue weighted by Gasteiger charge is -2.36. The van der Waals surface area contributed by atoms with Crippen LogP contribution in [0.25, 0.3) is 0 Å². The molecule has 1 aromatic rings. The second-order valence-electron chi connectivity index (χ2n) is 6.52. The molecule has 0 aliphatic carbocycles. The number of sulfonamides is 1. The van der Waals surface area contributed by atoms with Crippen LogP contribution in [0.5, 0.6) is 0 Å². The number of nitrogens with zero attached hydrogens (tertiary/aromatic N) is 3. The highest BCUT2D eigenvalue weighted by molar-refractivity contribution is 9.10. The van der Waals surface area contributed by atoms with E-state index < -0.39 is 10.0 Å². The zero-order valence-electron chi connectivity index (χ0n) is 14.8. The minimum absolute atomic E-state index is 0.131. The first-order valence-electron chi connectivity index (χ1n) is 8.71. The number of methoxy groups -OCH3 is 1. The van der Waals surface area contributed by atoms with Gasteiger partial charge in [0.25, 0.3) is 0 Å². The first-order valence-corrected chi connectivity index (χ1v) is 10.9. The van der Waals surface area contributed by atoms with Crippen molar-refractivity contribution in [2.75, 3.05) is 53.0 Å². The monoisotopic (exact) mass is 445 g/mol. The second-order valence-corrected chi connectivity index (χ2v) is 9.37. The molecule has 26 heavy (non-hydrogen) atoms. The van der Waals surface area contributed by atoms with E-state index in [0.717, 1.165) is 17.4 Å². The third-order valence-electron chi connectivity index (χ3n) is 5.00. The van der Waals surface area contributed by atoms with Crippen LogP contribution in [0.3, 0.4) is 0 Å². The van der Waals surface area contributed by atoms with Gasteiger partial charge in [-0.1, -0.05) is 15.9 Å². The molecule has 0 bridgehead atoms. The molecule has 1 unspecified atom stereocenters. The first kappa shape index (κ1) is 19.8. The van der Waals surface area contributed by atoms with Crippen molar-refractivity contribution in [3.8, 4) is 0 Å². The maximum absolute atomic E-state index is 12.8. The predicted molar refractivity (Wildman–Crippen MR) is 101 cm³/mol. The Balaban J connectivity index is 1.59. The minimum Gasteiger partial charge on any atom is -0.383 e. The summed E-state index contributed by atoms with van der Waals surface area (Å²) in [5.41, 5.74) is 0. The largest absolute Gasteiger partial charge is 0.383 e. The molecule has 2 aliphatic rings. The molecule has 0 aromatic heterocycles. The van der Waals surface area contributed by atoms with Crippen molar-refractivity contribution in [1.82, 2.24) is 14.1 Å². The van der Waals surface area contributed by atoms with E-state index >= 15 is 0 Å². The number of halogens is 1. The third kappa shape index (κ3) is 4.12. The number of ether oxygens (including phenoxy) is 1. The molecule has 2 fully saturated rings. The number of likely N-dealkylation sites (tertiary alicyclic amines) is 1. The van der Waals surface area contributed by atoms with Gasteiger partial charge in [0.2, 0.25) is 15.9 Å².